The Morgan fingerprint density at radius 2 is 2.13 bits per heavy atom. The molecule has 4 heteroatoms. The third-order valence-corrected chi connectivity index (χ3v) is 2.37. The summed E-state index contributed by atoms with van der Waals surface area (Å²) in [6, 6.07) is 10.5. The van der Waals surface area contributed by atoms with Gasteiger partial charge >= 0.3 is 0 Å². The second-order valence-electron chi connectivity index (χ2n) is 3.25. The number of alkyl halides is 1. The average Bonchev–Trinajstić information content (AvgIpc) is 2.68. The maximum Gasteiger partial charge on any atom is 0.292 e. The first kappa shape index (κ1) is 10.3. The van der Waals surface area contributed by atoms with Crippen molar-refractivity contribution in [3.8, 4) is 0 Å². The van der Waals surface area contributed by atoms with E-state index in [2.05, 4.69) is 9.89 Å². The predicted octanol–water partition coefficient (Wildman–Crippen LogP) is 2.25. The van der Waals surface area contributed by atoms with Crippen LogP contribution in [0.25, 0.3) is 0 Å². The van der Waals surface area contributed by atoms with Gasteiger partial charge in [-0.05, 0) is 12.1 Å². The van der Waals surface area contributed by atoms with Gasteiger partial charge in [-0.3, -0.25) is 0 Å². The van der Waals surface area contributed by atoms with Gasteiger partial charge in [-0.25, -0.2) is 0 Å². The van der Waals surface area contributed by atoms with E-state index in [0.29, 0.717) is 18.5 Å². The summed E-state index contributed by atoms with van der Waals surface area (Å²) in [6.07, 6.45) is 0. The molecule has 0 N–H and O–H groups in total. The van der Waals surface area contributed by atoms with Crippen molar-refractivity contribution < 1.29 is 4.74 Å². The van der Waals surface area contributed by atoms with Crippen molar-refractivity contribution in [3.05, 3.63) is 30.3 Å². The fourth-order valence-corrected chi connectivity index (χ4v) is 1.66. The lowest BCUT2D eigenvalue weighted by atomic mass is 10.3. The highest BCUT2D eigenvalue weighted by molar-refractivity contribution is 6.18. The van der Waals surface area contributed by atoms with Crippen LogP contribution in [0.2, 0.25) is 0 Å². The summed E-state index contributed by atoms with van der Waals surface area (Å²) in [5.41, 5.74) is 0.911. The Labute approximate surface area is 94.3 Å². The van der Waals surface area contributed by atoms with E-state index >= 15 is 0 Å². The number of halogens is 1. The lowest BCUT2D eigenvalue weighted by Gasteiger charge is -2.13. The Hall–Kier alpha value is -1.22. The molecule has 1 aliphatic rings. The number of hydrogen-bond acceptors (Lipinski definition) is 2. The summed E-state index contributed by atoms with van der Waals surface area (Å²) in [5.74, 6) is 0.594. The van der Waals surface area contributed by atoms with Crippen LogP contribution in [0, 0.1) is 0 Å². The summed E-state index contributed by atoms with van der Waals surface area (Å²) >= 11 is 5.70. The van der Waals surface area contributed by atoms with E-state index in [1.807, 2.05) is 30.3 Å². The van der Waals surface area contributed by atoms with Crippen LogP contribution in [0.15, 0.2) is 35.3 Å². The van der Waals surface area contributed by atoms with Crippen molar-refractivity contribution in [1.29, 1.82) is 0 Å². The molecular weight excluding hydrogens is 212 g/mol. The average molecular weight is 225 g/mol. The Morgan fingerprint density at radius 3 is 2.87 bits per heavy atom. The molecule has 3 nitrogen and oxygen atoms in total. The van der Waals surface area contributed by atoms with Crippen LogP contribution >= 0.6 is 11.6 Å². The highest BCUT2D eigenvalue weighted by Gasteiger charge is 2.19. The first-order chi connectivity index (χ1) is 7.40. The molecule has 1 aromatic carbocycles. The summed E-state index contributed by atoms with van der Waals surface area (Å²) in [6.45, 7) is 2.36. The lowest BCUT2D eigenvalue weighted by Crippen LogP contribution is -2.27. The minimum Gasteiger partial charge on any atom is -0.463 e. The van der Waals surface area contributed by atoms with E-state index in [4.69, 9.17) is 16.3 Å². The molecule has 2 rings (SSSR count). The summed E-state index contributed by atoms with van der Waals surface area (Å²) in [7, 11) is 0. The second-order valence-corrected chi connectivity index (χ2v) is 3.63. The van der Waals surface area contributed by atoms with Crippen LogP contribution in [-0.2, 0) is 4.74 Å². The molecule has 0 unspecified atom stereocenters. The van der Waals surface area contributed by atoms with Gasteiger partial charge in [0.05, 0.1) is 12.2 Å². The highest BCUT2D eigenvalue weighted by Crippen LogP contribution is 2.14. The van der Waals surface area contributed by atoms with Crippen LogP contribution < -0.4 is 0 Å². The van der Waals surface area contributed by atoms with Gasteiger partial charge in [-0.1, -0.05) is 18.2 Å². The van der Waals surface area contributed by atoms with Crippen LogP contribution in [0.4, 0.5) is 5.69 Å². The molecule has 0 radical (unpaired) electrons. The van der Waals surface area contributed by atoms with E-state index in [1.165, 1.54) is 0 Å². The molecule has 1 saturated heterocycles. The Balaban J connectivity index is 2.12. The molecule has 1 fully saturated rings. The van der Waals surface area contributed by atoms with Gasteiger partial charge < -0.3 is 9.64 Å². The van der Waals surface area contributed by atoms with E-state index in [9.17, 15) is 0 Å². The largest absolute Gasteiger partial charge is 0.463 e. The van der Waals surface area contributed by atoms with E-state index < -0.39 is 0 Å². The molecule has 0 aliphatic carbocycles. The second kappa shape index (κ2) is 5.03. The molecule has 0 amide bonds. The molecule has 0 bridgehead atoms. The molecule has 0 atom stereocenters. The van der Waals surface area contributed by atoms with Crippen LogP contribution in [0.1, 0.15) is 0 Å². The molecular formula is C11H13ClN2O. The fraction of sp³-hybridized carbons (Fsp3) is 0.364. The third kappa shape index (κ3) is 2.63. The number of para-hydroxylation sites is 1. The maximum atomic E-state index is 5.70. The van der Waals surface area contributed by atoms with Gasteiger partial charge in [0.1, 0.15) is 6.61 Å². The predicted molar refractivity (Wildman–Crippen MR) is 61.8 cm³/mol. The SMILES string of the molecule is ClCCN1CCOC1=Nc1ccccc1. The van der Waals surface area contributed by atoms with Crippen LogP contribution in [0.5, 0.6) is 0 Å². The third-order valence-electron chi connectivity index (χ3n) is 2.20. The van der Waals surface area contributed by atoms with Crippen molar-refractivity contribution in [2.75, 3.05) is 25.6 Å². The van der Waals surface area contributed by atoms with Gasteiger partial charge in [0.25, 0.3) is 6.02 Å². The number of ether oxygens (including phenoxy) is 1. The Kier molecular flexibility index (Phi) is 3.45. The minimum absolute atomic E-state index is 0.594. The molecule has 0 aromatic heterocycles. The van der Waals surface area contributed by atoms with Gasteiger partial charge in [-0.15, -0.1) is 11.6 Å². The van der Waals surface area contributed by atoms with Gasteiger partial charge in [-0.2, -0.15) is 4.99 Å². The van der Waals surface area contributed by atoms with Crippen molar-refractivity contribution >= 4 is 23.3 Å². The van der Waals surface area contributed by atoms with Crippen molar-refractivity contribution in [2.45, 2.75) is 0 Å². The van der Waals surface area contributed by atoms with Crippen molar-refractivity contribution in [1.82, 2.24) is 4.90 Å². The number of aliphatic imine (C=N–C) groups is 1. The summed E-state index contributed by atoms with van der Waals surface area (Å²) < 4.78 is 5.44. The number of hydrogen-bond donors (Lipinski definition) is 0. The van der Waals surface area contributed by atoms with E-state index in [1.54, 1.807) is 0 Å². The number of benzene rings is 1. The molecule has 0 saturated carbocycles. The van der Waals surface area contributed by atoms with E-state index in [0.717, 1.165) is 18.8 Å². The zero-order valence-electron chi connectivity index (χ0n) is 8.40. The number of nitrogens with zero attached hydrogens (tertiary/aromatic N) is 2. The van der Waals surface area contributed by atoms with E-state index in [-0.39, 0.29) is 0 Å². The Bertz CT molecular complexity index is 340. The first-order valence-corrected chi connectivity index (χ1v) is 5.51. The molecule has 1 aromatic rings. The topological polar surface area (TPSA) is 24.8 Å². The van der Waals surface area contributed by atoms with Gasteiger partial charge in [0, 0.05) is 12.4 Å². The lowest BCUT2D eigenvalue weighted by molar-refractivity contribution is 0.352. The normalized spacial score (nSPS) is 18.2. The highest BCUT2D eigenvalue weighted by atomic mass is 35.5. The Morgan fingerprint density at radius 1 is 1.33 bits per heavy atom. The fourth-order valence-electron chi connectivity index (χ4n) is 1.46. The number of rotatable bonds is 3. The molecule has 1 heterocycles. The molecule has 1 aliphatic heterocycles. The van der Waals surface area contributed by atoms with Gasteiger partial charge in [0.2, 0.25) is 0 Å². The van der Waals surface area contributed by atoms with Crippen molar-refractivity contribution in [3.63, 3.8) is 0 Å². The van der Waals surface area contributed by atoms with Crippen LogP contribution in [0.3, 0.4) is 0 Å². The first-order valence-electron chi connectivity index (χ1n) is 4.97. The number of amidine groups is 1. The van der Waals surface area contributed by atoms with Crippen molar-refractivity contribution in [2.24, 2.45) is 4.99 Å². The zero-order chi connectivity index (χ0) is 10.5. The molecule has 15 heavy (non-hydrogen) atoms. The summed E-state index contributed by atoms with van der Waals surface area (Å²) in [5, 5.41) is 0. The standard InChI is InChI=1S/C11H13ClN2O/c12-6-7-14-8-9-15-11(14)13-10-4-2-1-3-5-10/h1-5H,6-9H2. The minimum atomic E-state index is 0.594. The quantitative estimate of drug-likeness (QED) is 0.736. The van der Waals surface area contributed by atoms with Crippen LogP contribution in [-0.4, -0.2) is 36.5 Å². The molecule has 0 spiro atoms. The van der Waals surface area contributed by atoms with Gasteiger partial charge in [0.15, 0.2) is 0 Å². The summed E-state index contributed by atoms with van der Waals surface area (Å²) in [4.78, 5) is 6.48. The smallest absolute Gasteiger partial charge is 0.292 e. The zero-order valence-corrected chi connectivity index (χ0v) is 9.15. The maximum absolute atomic E-state index is 5.70. The molecule has 80 valence electrons. The monoisotopic (exact) mass is 224 g/mol.